The predicted octanol–water partition coefficient (Wildman–Crippen LogP) is 6.67. The first-order valence-electron chi connectivity index (χ1n) is 10.2. The second-order valence-corrected chi connectivity index (χ2v) is 8.12. The lowest BCUT2D eigenvalue weighted by atomic mass is 9.70. The van der Waals surface area contributed by atoms with Crippen LogP contribution in [0.2, 0.25) is 0 Å². The lowest BCUT2D eigenvalue weighted by molar-refractivity contribution is -0.00283. The van der Waals surface area contributed by atoms with Crippen molar-refractivity contribution in [3.63, 3.8) is 0 Å². The van der Waals surface area contributed by atoms with Crippen molar-refractivity contribution in [3.8, 4) is 0 Å². The van der Waals surface area contributed by atoms with Crippen molar-refractivity contribution in [3.05, 3.63) is 48.3 Å². The Balaban J connectivity index is 1.34. The van der Waals surface area contributed by atoms with Crippen LogP contribution in [0.5, 0.6) is 0 Å². The molecule has 2 saturated carbocycles. The Morgan fingerprint density at radius 3 is 2.12 bits per heavy atom. The van der Waals surface area contributed by atoms with E-state index >= 15 is 0 Å². The van der Waals surface area contributed by atoms with Gasteiger partial charge >= 0.3 is 0 Å². The van der Waals surface area contributed by atoms with E-state index in [0.29, 0.717) is 12.7 Å². The number of rotatable bonds is 7. The third kappa shape index (κ3) is 5.67. The van der Waals surface area contributed by atoms with Crippen LogP contribution in [0.25, 0.3) is 0 Å². The van der Waals surface area contributed by atoms with Gasteiger partial charge in [0.2, 0.25) is 0 Å². The van der Waals surface area contributed by atoms with Crippen molar-refractivity contribution in [1.82, 2.24) is 0 Å². The van der Waals surface area contributed by atoms with Gasteiger partial charge in [0, 0.05) is 0 Å². The summed E-state index contributed by atoms with van der Waals surface area (Å²) in [5, 5.41) is 0. The summed E-state index contributed by atoms with van der Waals surface area (Å²) in [5.74, 6) is 2.65. The molecule has 25 heavy (non-hydrogen) atoms. The maximum Gasteiger partial charge on any atom is 0.123 e. The van der Waals surface area contributed by atoms with E-state index in [1.54, 1.807) is 0 Å². The molecule has 2 fully saturated rings. The van der Waals surface area contributed by atoms with Crippen LogP contribution >= 0.6 is 0 Å². The molecule has 0 aliphatic heterocycles. The van der Waals surface area contributed by atoms with Crippen molar-refractivity contribution >= 4 is 0 Å². The van der Waals surface area contributed by atoms with Gasteiger partial charge in [-0.05, 0) is 86.8 Å². The number of hydrogen-bond acceptors (Lipinski definition) is 1. The Labute approximate surface area is 152 Å². The molecule has 0 saturated heterocycles. The monoisotopic (exact) mass is 344 g/mol. The fourth-order valence-corrected chi connectivity index (χ4v) is 4.82. The van der Waals surface area contributed by atoms with Gasteiger partial charge in [-0.1, -0.05) is 31.1 Å². The molecule has 2 heteroatoms. The summed E-state index contributed by atoms with van der Waals surface area (Å²) in [6, 6.07) is 6.68. The van der Waals surface area contributed by atoms with E-state index in [0.717, 1.165) is 23.3 Å². The van der Waals surface area contributed by atoms with Crippen LogP contribution in [0.4, 0.5) is 4.39 Å². The fourth-order valence-electron chi connectivity index (χ4n) is 4.82. The number of benzene rings is 1. The van der Waals surface area contributed by atoms with Crippen LogP contribution in [-0.2, 0) is 11.3 Å². The molecule has 0 N–H and O–H groups in total. The van der Waals surface area contributed by atoms with Gasteiger partial charge < -0.3 is 4.74 Å². The molecule has 0 atom stereocenters. The summed E-state index contributed by atoms with van der Waals surface area (Å²) in [5.41, 5.74) is 1.07. The molecule has 0 unspecified atom stereocenters. The average molecular weight is 345 g/mol. The Bertz CT molecular complexity index is 507. The van der Waals surface area contributed by atoms with Crippen LogP contribution in [0.1, 0.15) is 69.8 Å². The zero-order valence-electron chi connectivity index (χ0n) is 15.5. The first-order valence-corrected chi connectivity index (χ1v) is 10.2. The highest BCUT2D eigenvalue weighted by atomic mass is 19.1. The van der Waals surface area contributed by atoms with Crippen molar-refractivity contribution < 1.29 is 9.13 Å². The van der Waals surface area contributed by atoms with Crippen molar-refractivity contribution in [2.45, 2.75) is 76.9 Å². The van der Waals surface area contributed by atoms with Crippen LogP contribution in [-0.4, -0.2) is 6.10 Å². The van der Waals surface area contributed by atoms with E-state index in [1.807, 2.05) is 12.1 Å². The minimum absolute atomic E-state index is 0.177. The molecule has 3 rings (SSSR count). The lowest BCUT2D eigenvalue weighted by Gasteiger charge is -2.37. The second-order valence-electron chi connectivity index (χ2n) is 8.12. The third-order valence-corrected chi connectivity index (χ3v) is 6.45. The quantitative estimate of drug-likeness (QED) is 0.502. The number of halogens is 1. The largest absolute Gasteiger partial charge is 0.374 e. The highest BCUT2D eigenvalue weighted by Gasteiger charge is 2.30. The summed E-state index contributed by atoms with van der Waals surface area (Å²) < 4.78 is 19.0. The summed E-state index contributed by atoms with van der Waals surface area (Å²) in [7, 11) is 0. The minimum Gasteiger partial charge on any atom is -0.374 e. The molecular formula is C23H33FO. The van der Waals surface area contributed by atoms with Gasteiger partial charge in [-0.25, -0.2) is 4.39 Å². The zero-order valence-corrected chi connectivity index (χ0v) is 15.5. The average Bonchev–Trinajstić information content (AvgIpc) is 2.67. The molecule has 1 nitrogen and oxygen atoms in total. The number of ether oxygens (including phenoxy) is 1. The van der Waals surface area contributed by atoms with Gasteiger partial charge in [0.1, 0.15) is 5.82 Å². The van der Waals surface area contributed by atoms with Crippen molar-refractivity contribution in [1.29, 1.82) is 0 Å². The van der Waals surface area contributed by atoms with Gasteiger partial charge in [-0.15, -0.1) is 6.58 Å². The molecule has 1 aromatic carbocycles. The summed E-state index contributed by atoms with van der Waals surface area (Å²) in [6.07, 6.45) is 15.8. The minimum atomic E-state index is -0.177. The van der Waals surface area contributed by atoms with E-state index in [9.17, 15) is 4.39 Å². The van der Waals surface area contributed by atoms with Crippen molar-refractivity contribution in [2.75, 3.05) is 0 Å². The lowest BCUT2D eigenvalue weighted by Crippen LogP contribution is -2.28. The Kier molecular flexibility index (Phi) is 7.10. The number of hydrogen-bond donors (Lipinski definition) is 0. The second kappa shape index (κ2) is 9.52. The highest BCUT2D eigenvalue weighted by Crippen LogP contribution is 2.41. The number of allylic oxidation sites excluding steroid dienone is 1. The molecule has 0 heterocycles. The van der Waals surface area contributed by atoms with Crippen LogP contribution in [0.15, 0.2) is 36.9 Å². The zero-order chi connectivity index (χ0) is 17.5. The Morgan fingerprint density at radius 1 is 0.920 bits per heavy atom. The predicted molar refractivity (Wildman–Crippen MR) is 102 cm³/mol. The molecule has 0 aromatic heterocycles. The first-order chi connectivity index (χ1) is 12.2. The summed E-state index contributed by atoms with van der Waals surface area (Å²) in [4.78, 5) is 0. The maximum absolute atomic E-state index is 12.9. The van der Waals surface area contributed by atoms with Gasteiger partial charge in [0.05, 0.1) is 12.7 Å². The highest BCUT2D eigenvalue weighted by molar-refractivity contribution is 5.15. The Morgan fingerprint density at radius 2 is 1.52 bits per heavy atom. The van der Waals surface area contributed by atoms with Crippen molar-refractivity contribution in [2.24, 2.45) is 17.8 Å². The molecule has 2 aliphatic rings. The molecule has 0 amide bonds. The first kappa shape index (κ1) is 18.6. The van der Waals surface area contributed by atoms with Gasteiger partial charge in [-0.3, -0.25) is 0 Å². The standard InChI is InChI=1S/C23H33FO/c1-2-3-4-18-5-9-20(10-6-18)21-11-15-23(16-12-21)25-17-19-7-13-22(24)14-8-19/h2,7-8,13-14,18,20-21,23H,1,3-6,9-12,15-17H2/t18-,20-,21-,23-. The van der Waals surface area contributed by atoms with Crippen LogP contribution < -0.4 is 0 Å². The van der Waals surface area contributed by atoms with E-state index in [-0.39, 0.29) is 5.82 Å². The van der Waals surface area contributed by atoms with E-state index in [1.165, 1.54) is 76.3 Å². The van der Waals surface area contributed by atoms with Gasteiger partial charge in [0.15, 0.2) is 0 Å². The summed E-state index contributed by atoms with van der Waals surface area (Å²) in [6.45, 7) is 4.47. The van der Waals surface area contributed by atoms with Gasteiger partial charge in [-0.2, -0.15) is 0 Å². The molecule has 2 aliphatic carbocycles. The molecular weight excluding hydrogens is 311 g/mol. The van der Waals surface area contributed by atoms with Crippen LogP contribution in [0, 0.1) is 23.6 Å². The topological polar surface area (TPSA) is 9.23 Å². The maximum atomic E-state index is 12.9. The molecule has 1 aromatic rings. The molecule has 0 radical (unpaired) electrons. The molecule has 138 valence electrons. The van der Waals surface area contributed by atoms with E-state index < -0.39 is 0 Å². The van der Waals surface area contributed by atoms with Crippen LogP contribution in [0.3, 0.4) is 0 Å². The van der Waals surface area contributed by atoms with Gasteiger partial charge in [0.25, 0.3) is 0 Å². The van der Waals surface area contributed by atoms with E-state index in [4.69, 9.17) is 4.74 Å². The normalized spacial score (nSPS) is 30.1. The third-order valence-electron chi connectivity index (χ3n) is 6.45. The fraction of sp³-hybridized carbons (Fsp3) is 0.652. The SMILES string of the molecule is C=CCC[C@H]1CC[C@H]([C@H]2CC[C@H](OCc3ccc(F)cc3)CC2)CC1. The molecule has 0 bridgehead atoms. The Hall–Kier alpha value is -1.15. The van der Waals surface area contributed by atoms with E-state index in [2.05, 4.69) is 12.7 Å². The smallest absolute Gasteiger partial charge is 0.123 e. The summed E-state index contributed by atoms with van der Waals surface area (Å²) >= 11 is 0. The molecule has 0 spiro atoms.